The Morgan fingerprint density at radius 1 is 1.25 bits per heavy atom. The van der Waals surface area contributed by atoms with Gasteiger partial charge >= 0.3 is 6.09 Å². The lowest BCUT2D eigenvalue weighted by atomic mass is 9.93. The zero-order valence-electron chi connectivity index (χ0n) is 15.4. The first kappa shape index (κ1) is 17.8. The number of hydrogen-bond acceptors (Lipinski definition) is 7. The molecule has 28 heavy (non-hydrogen) atoms. The third-order valence-corrected chi connectivity index (χ3v) is 5.13. The Morgan fingerprint density at radius 3 is 2.68 bits per heavy atom. The molecule has 0 bridgehead atoms. The molecule has 1 saturated heterocycles. The highest BCUT2D eigenvalue weighted by molar-refractivity contribution is 5.88. The molecule has 3 heterocycles. The van der Waals surface area contributed by atoms with E-state index in [1.807, 2.05) is 6.07 Å². The van der Waals surface area contributed by atoms with Gasteiger partial charge in [-0.3, -0.25) is 0 Å². The summed E-state index contributed by atoms with van der Waals surface area (Å²) in [4.78, 5) is 21.1. The van der Waals surface area contributed by atoms with Crippen molar-refractivity contribution in [1.29, 1.82) is 0 Å². The molecule has 0 atom stereocenters. The van der Waals surface area contributed by atoms with Crippen LogP contribution in [0.15, 0.2) is 24.5 Å². The summed E-state index contributed by atoms with van der Waals surface area (Å²) >= 11 is 0. The monoisotopic (exact) mass is 383 g/mol. The normalized spacial score (nSPS) is 15.1. The van der Waals surface area contributed by atoms with Crippen LogP contribution in [0.5, 0.6) is 5.75 Å². The van der Waals surface area contributed by atoms with Gasteiger partial charge in [0.2, 0.25) is 0 Å². The van der Waals surface area contributed by atoms with Crippen LogP contribution in [-0.4, -0.2) is 56.0 Å². The van der Waals surface area contributed by atoms with E-state index in [1.54, 1.807) is 23.9 Å². The van der Waals surface area contributed by atoms with E-state index in [9.17, 15) is 9.90 Å². The number of likely N-dealkylation sites (tertiary alicyclic amines) is 1. The fourth-order valence-electron chi connectivity index (χ4n) is 3.63. The van der Waals surface area contributed by atoms with Crippen LogP contribution >= 0.6 is 0 Å². The third-order valence-electron chi connectivity index (χ3n) is 5.13. The molecule has 4 rings (SSSR count). The van der Waals surface area contributed by atoms with Crippen molar-refractivity contribution >= 4 is 28.6 Å². The lowest BCUT2D eigenvalue weighted by Gasteiger charge is -2.29. The average Bonchev–Trinajstić information content (AvgIpc) is 3.09. The SMILES string of the molecule is COc1cc(-n2nc(C3CCN(C(=O)O)CC3)c3ncnc(N)c32)ccc1N. The fourth-order valence-corrected chi connectivity index (χ4v) is 3.63. The van der Waals surface area contributed by atoms with Crippen molar-refractivity contribution in [2.24, 2.45) is 0 Å². The van der Waals surface area contributed by atoms with Gasteiger partial charge in [0.1, 0.15) is 23.1 Å². The van der Waals surface area contributed by atoms with Crippen molar-refractivity contribution in [2.45, 2.75) is 18.8 Å². The molecular weight excluding hydrogens is 362 g/mol. The number of carbonyl (C=O) groups is 1. The topological polar surface area (TPSA) is 145 Å². The molecule has 5 N–H and O–H groups in total. The van der Waals surface area contributed by atoms with Crippen molar-refractivity contribution < 1.29 is 14.6 Å². The minimum Gasteiger partial charge on any atom is -0.495 e. The molecule has 10 nitrogen and oxygen atoms in total. The summed E-state index contributed by atoms with van der Waals surface area (Å²) in [5.74, 6) is 0.944. The Bertz CT molecular complexity index is 1040. The second kappa shape index (κ2) is 6.87. The zero-order valence-corrected chi connectivity index (χ0v) is 15.4. The van der Waals surface area contributed by atoms with Crippen LogP contribution in [0.2, 0.25) is 0 Å². The number of methoxy groups -OCH3 is 1. The summed E-state index contributed by atoms with van der Waals surface area (Å²) in [7, 11) is 1.55. The van der Waals surface area contributed by atoms with Crippen molar-refractivity contribution in [3.63, 3.8) is 0 Å². The predicted octanol–water partition coefficient (Wildman–Crippen LogP) is 1.85. The number of piperidine rings is 1. The number of aromatic nitrogens is 4. The van der Waals surface area contributed by atoms with E-state index in [1.165, 1.54) is 11.2 Å². The zero-order chi connectivity index (χ0) is 19.8. The molecule has 146 valence electrons. The van der Waals surface area contributed by atoms with Crippen molar-refractivity contribution in [3.05, 3.63) is 30.2 Å². The first-order valence-corrected chi connectivity index (χ1v) is 8.90. The van der Waals surface area contributed by atoms with E-state index < -0.39 is 6.09 Å². The molecule has 1 aliphatic rings. The quantitative estimate of drug-likeness (QED) is 0.581. The minimum atomic E-state index is -0.894. The smallest absolute Gasteiger partial charge is 0.407 e. The van der Waals surface area contributed by atoms with E-state index in [0.29, 0.717) is 54.2 Å². The molecule has 0 unspecified atom stereocenters. The molecule has 0 saturated carbocycles. The molecule has 0 radical (unpaired) electrons. The maximum absolute atomic E-state index is 11.2. The lowest BCUT2D eigenvalue weighted by Crippen LogP contribution is -2.36. The number of nitrogen functional groups attached to an aromatic ring is 2. The van der Waals surface area contributed by atoms with Gasteiger partial charge in [0.05, 0.1) is 24.2 Å². The number of rotatable bonds is 3. The number of hydrogen-bond donors (Lipinski definition) is 3. The van der Waals surface area contributed by atoms with Gasteiger partial charge in [0, 0.05) is 25.1 Å². The number of fused-ring (bicyclic) bond motifs is 1. The summed E-state index contributed by atoms with van der Waals surface area (Å²) in [6, 6.07) is 5.35. The van der Waals surface area contributed by atoms with Gasteiger partial charge < -0.3 is 26.2 Å². The van der Waals surface area contributed by atoms with Gasteiger partial charge in [-0.05, 0) is 25.0 Å². The fraction of sp³-hybridized carbons (Fsp3) is 0.333. The van der Waals surface area contributed by atoms with Crippen LogP contribution in [0.25, 0.3) is 16.7 Å². The Balaban J connectivity index is 1.80. The van der Waals surface area contributed by atoms with Crippen molar-refractivity contribution in [1.82, 2.24) is 24.6 Å². The van der Waals surface area contributed by atoms with Gasteiger partial charge in [-0.25, -0.2) is 19.4 Å². The summed E-state index contributed by atoms with van der Waals surface area (Å²) < 4.78 is 7.02. The van der Waals surface area contributed by atoms with Gasteiger partial charge in [0.25, 0.3) is 0 Å². The molecule has 10 heteroatoms. The Kier molecular flexibility index (Phi) is 4.38. The summed E-state index contributed by atoms with van der Waals surface area (Å²) in [5.41, 5.74) is 15.4. The molecule has 1 aliphatic heterocycles. The maximum atomic E-state index is 11.2. The highest BCUT2D eigenvalue weighted by Gasteiger charge is 2.28. The largest absolute Gasteiger partial charge is 0.495 e. The van der Waals surface area contributed by atoms with Gasteiger partial charge in [-0.1, -0.05) is 0 Å². The summed E-state index contributed by atoms with van der Waals surface area (Å²) in [6.07, 6.45) is 1.87. The van der Waals surface area contributed by atoms with Crippen LogP contribution in [0.3, 0.4) is 0 Å². The number of nitrogens with zero attached hydrogens (tertiary/aromatic N) is 5. The maximum Gasteiger partial charge on any atom is 0.407 e. The number of benzene rings is 1. The average molecular weight is 383 g/mol. The van der Waals surface area contributed by atoms with E-state index >= 15 is 0 Å². The minimum absolute atomic E-state index is 0.0873. The first-order valence-electron chi connectivity index (χ1n) is 8.90. The molecule has 0 aliphatic carbocycles. The molecule has 1 aromatic carbocycles. The van der Waals surface area contributed by atoms with Crippen LogP contribution in [0.1, 0.15) is 24.5 Å². The highest BCUT2D eigenvalue weighted by Crippen LogP contribution is 2.35. The molecular formula is C18H21N7O3. The second-order valence-electron chi connectivity index (χ2n) is 6.72. The van der Waals surface area contributed by atoms with E-state index in [4.69, 9.17) is 21.3 Å². The number of ether oxygens (including phenoxy) is 1. The Morgan fingerprint density at radius 2 is 2.00 bits per heavy atom. The van der Waals surface area contributed by atoms with Crippen molar-refractivity contribution in [2.75, 3.05) is 31.7 Å². The van der Waals surface area contributed by atoms with E-state index in [2.05, 4.69) is 9.97 Å². The van der Waals surface area contributed by atoms with Gasteiger partial charge in [-0.2, -0.15) is 5.10 Å². The lowest BCUT2D eigenvalue weighted by molar-refractivity contribution is 0.132. The second-order valence-corrected chi connectivity index (χ2v) is 6.72. The third kappa shape index (κ3) is 2.92. The van der Waals surface area contributed by atoms with Crippen LogP contribution in [0.4, 0.5) is 16.3 Å². The highest BCUT2D eigenvalue weighted by atomic mass is 16.5. The summed E-state index contributed by atoms with van der Waals surface area (Å²) in [5, 5.41) is 14.0. The first-order chi connectivity index (χ1) is 13.5. The molecule has 3 aromatic rings. The Labute approximate surface area is 160 Å². The van der Waals surface area contributed by atoms with Gasteiger partial charge in [0.15, 0.2) is 5.82 Å². The van der Waals surface area contributed by atoms with Crippen LogP contribution in [-0.2, 0) is 0 Å². The Hall–Kier alpha value is -3.56. The van der Waals surface area contributed by atoms with Gasteiger partial charge in [-0.15, -0.1) is 0 Å². The predicted molar refractivity (Wildman–Crippen MR) is 104 cm³/mol. The molecule has 1 fully saturated rings. The number of carboxylic acid groups (broad SMARTS) is 1. The number of amides is 1. The van der Waals surface area contributed by atoms with E-state index in [-0.39, 0.29) is 5.92 Å². The summed E-state index contributed by atoms with van der Waals surface area (Å²) in [6.45, 7) is 0.926. The molecule has 2 aromatic heterocycles. The molecule has 1 amide bonds. The van der Waals surface area contributed by atoms with E-state index in [0.717, 1.165) is 11.4 Å². The van der Waals surface area contributed by atoms with Crippen LogP contribution < -0.4 is 16.2 Å². The van der Waals surface area contributed by atoms with Crippen molar-refractivity contribution in [3.8, 4) is 11.4 Å². The molecule has 0 spiro atoms. The number of anilines is 2. The number of nitrogens with two attached hydrogens (primary N) is 2. The standard InChI is InChI=1S/C18H21N7O3/c1-28-13-8-11(2-3-12(13)19)25-16-15(21-9-22-17(16)20)14(23-25)10-4-6-24(7-5-10)18(26)27/h2-3,8-10H,4-7,19H2,1H3,(H,26,27)(H2,20,21,22). The van der Waals surface area contributed by atoms with Crippen LogP contribution in [0, 0.1) is 0 Å².